The van der Waals surface area contributed by atoms with Crippen molar-refractivity contribution in [2.24, 2.45) is 0 Å². The summed E-state index contributed by atoms with van der Waals surface area (Å²) in [6, 6.07) is 7.62. The summed E-state index contributed by atoms with van der Waals surface area (Å²) in [5.74, 6) is 0.205. The first-order valence-corrected chi connectivity index (χ1v) is 9.32. The minimum absolute atomic E-state index is 0.0524. The number of carbonyl (C=O) groups is 2. The van der Waals surface area contributed by atoms with Crippen LogP contribution in [0.25, 0.3) is 0 Å². The van der Waals surface area contributed by atoms with Crippen molar-refractivity contribution in [1.82, 2.24) is 10.2 Å². The third-order valence-corrected chi connectivity index (χ3v) is 5.62. The molecule has 1 aromatic carbocycles. The number of amides is 2. The van der Waals surface area contributed by atoms with Gasteiger partial charge in [-0.1, -0.05) is 36.6 Å². The minimum atomic E-state index is -0.457. The van der Waals surface area contributed by atoms with Crippen LogP contribution in [-0.4, -0.2) is 36.3 Å². The van der Waals surface area contributed by atoms with Crippen LogP contribution in [0.5, 0.6) is 0 Å². The van der Waals surface area contributed by atoms with Crippen LogP contribution < -0.4 is 5.32 Å². The first-order valence-electron chi connectivity index (χ1n) is 8.94. The second-order valence-corrected chi connectivity index (χ2v) is 7.33. The second-order valence-electron chi connectivity index (χ2n) is 6.89. The van der Waals surface area contributed by atoms with Gasteiger partial charge >= 0.3 is 0 Å². The molecule has 1 aliphatic carbocycles. The molecular formula is C19H25ClN2O2. The van der Waals surface area contributed by atoms with E-state index in [-0.39, 0.29) is 11.8 Å². The van der Waals surface area contributed by atoms with Gasteiger partial charge in [0.15, 0.2) is 0 Å². The van der Waals surface area contributed by atoms with Crippen LogP contribution in [0.4, 0.5) is 0 Å². The SMILES string of the molecule is O=C(CCNC(=O)C1(c2ccc(Cl)cc2)CCCC1)N1CCCC1. The molecular weight excluding hydrogens is 324 g/mol. The van der Waals surface area contributed by atoms with Gasteiger partial charge in [0.05, 0.1) is 5.41 Å². The van der Waals surface area contributed by atoms with Gasteiger partial charge in [0.2, 0.25) is 11.8 Å². The summed E-state index contributed by atoms with van der Waals surface area (Å²) < 4.78 is 0. The van der Waals surface area contributed by atoms with E-state index in [0.717, 1.165) is 57.2 Å². The summed E-state index contributed by atoms with van der Waals surface area (Å²) in [7, 11) is 0. The third kappa shape index (κ3) is 3.59. The van der Waals surface area contributed by atoms with E-state index in [1.54, 1.807) is 0 Å². The van der Waals surface area contributed by atoms with Crippen molar-refractivity contribution in [3.8, 4) is 0 Å². The Kier molecular flexibility index (Phi) is 5.44. The number of benzene rings is 1. The van der Waals surface area contributed by atoms with E-state index in [9.17, 15) is 9.59 Å². The molecule has 0 aromatic heterocycles. The summed E-state index contributed by atoms with van der Waals surface area (Å²) in [5.41, 5.74) is 0.578. The number of hydrogen-bond donors (Lipinski definition) is 1. The van der Waals surface area contributed by atoms with Gasteiger partial charge in [0.1, 0.15) is 0 Å². The molecule has 0 unspecified atom stereocenters. The van der Waals surface area contributed by atoms with Crippen LogP contribution in [0.15, 0.2) is 24.3 Å². The monoisotopic (exact) mass is 348 g/mol. The number of halogens is 1. The highest BCUT2D eigenvalue weighted by molar-refractivity contribution is 6.30. The zero-order chi connectivity index (χ0) is 17.0. The fourth-order valence-corrected chi connectivity index (χ4v) is 4.10. The maximum absolute atomic E-state index is 12.9. The van der Waals surface area contributed by atoms with Crippen molar-refractivity contribution in [3.05, 3.63) is 34.9 Å². The van der Waals surface area contributed by atoms with Crippen molar-refractivity contribution in [1.29, 1.82) is 0 Å². The number of carbonyl (C=O) groups excluding carboxylic acids is 2. The lowest BCUT2D eigenvalue weighted by Crippen LogP contribution is -2.44. The first kappa shape index (κ1) is 17.3. The van der Waals surface area contributed by atoms with Crippen LogP contribution in [-0.2, 0) is 15.0 Å². The lowest BCUT2D eigenvalue weighted by Gasteiger charge is -2.28. The van der Waals surface area contributed by atoms with Gasteiger partial charge in [-0.3, -0.25) is 9.59 Å². The van der Waals surface area contributed by atoms with E-state index < -0.39 is 5.41 Å². The molecule has 1 N–H and O–H groups in total. The first-order chi connectivity index (χ1) is 11.6. The molecule has 0 bridgehead atoms. The summed E-state index contributed by atoms with van der Waals surface area (Å²) in [6.45, 7) is 2.15. The van der Waals surface area contributed by atoms with Crippen LogP contribution >= 0.6 is 11.6 Å². The van der Waals surface area contributed by atoms with Gasteiger partial charge < -0.3 is 10.2 Å². The van der Waals surface area contributed by atoms with E-state index in [1.807, 2.05) is 29.2 Å². The maximum atomic E-state index is 12.9. The number of rotatable bonds is 5. The summed E-state index contributed by atoms with van der Waals surface area (Å²) in [6.07, 6.45) is 6.42. The van der Waals surface area contributed by atoms with Crippen molar-refractivity contribution in [2.45, 2.75) is 50.4 Å². The van der Waals surface area contributed by atoms with Crippen LogP contribution in [0, 0.1) is 0 Å². The average Bonchev–Trinajstić information content (AvgIpc) is 3.28. The predicted molar refractivity (Wildman–Crippen MR) is 95.0 cm³/mol. The Morgan fingerprint density at radius 1 is 1.04 bits per heavy atom. The van der Waals surface area contributed by atoms with Gasteiger partial charge in [-0.05, 0) is 43.4 Å². The molecule has 3 rings (SSSR count). The molecule has 4 nitrogen and oxygen atoms in total. The molecule has 2 amide bonds. The van der Waals surface area contributed by atoms with Crippen LogP contribution in [0.3, 0.4) is 0 Å². The molecule has 24 heavy (non-hydrogen) atoms. The Bertz CT molecular complexity index is 588. The van der Waals surface area contributed by atoms with E-state index in [4.69, 9.17) is 11.6 Å². The number of hydrogen-bond acceptors (Lipinski definition) is 2. The molecule has 0 atom stereocenters. The normalized spacial score (nSPS) is 19.5. The smallest absolute Gasteiger partial charge is 0.230 e. The van der Waals surface area contributed by atoms with Gasteiger partial charge in [0.25, 0.3) is 0 Å². The second kappa shape index (κ2) is 7.56. The highest BCUT2D eigenvalue weighted by Gasteiger charge is 2.42. The van der Waals surface area contributed by atoms with E-state index in [0.29, 0.717) is 18.0 Å². The molecule has 130 valence electrons. The molecule has 0 spiro atoms. The van der Waals surface area contributed by atoms with Gasteiger partial charge in [0, 0.05) is 31.1 Å². The number of nitrogens with one attached hydrogen (secondary N) is 1. The van der Waals surface area contributed by atoms with Crippen LogP contribution in [0.1, 0.15) is 50.5 Å². The van der Waals surface area contributed by atoms with E-state index in [1.165, 1.54) is 0 Å². The van der Waals surface area contributed by atoms with Crippen LogP contribution in [0.2, 0.25) is 5.02 Å². The molecule has 1 aliphatic heterocycles. The third-order valence-electron chi connectivity index (χ3n) is 5.37. The molecule has 5 heteroatoms. The fourth-order valence-electron chi connectivity index (χ4n) is 3.97. The minimum Gasteiger partial charge on any atom is -0.355 e. The zero-order valence-electron chi connectivity index (χ0n) is 14.0. The average molecular weight is 349 g/mol. The predicted octanol–water partition coefficient (Wildman–Crippen LogP) is 3.28. The highest BCUT2D eigenvalue weighted by atomic mass is 35.5. The zero-order valence-corrected chi connectivity index (χ0v) is 14.8. The largest absolute Gasteiger partial charge is 0.355 e. The van der Waals surface area contributed by atoms with E-state index in [2.05, 4.69) is 5.32 Å². The molecule has 2 fully saturated rings. The van der Waals surface area contributed by atoms with Crippen molar-refractivity contribution >= 4 is 23.4 Å². The molecule has 1 saturated carbocycles. The molecule has 1 aromatic rings. The van der Waals surface area contributed by atoms with Crippen molar-refractivity contribution in [2.75, 3.05) is 19.6 Å². The summed E-state index contributed by atoms with van der Waals surface area (Å²) >= 11 is 5.98. The lowest BCUT2D eigenvalue weighted by atomic mass is 9.78. The van der Waals surface area contributed by atoms with Crippen molar-refractivity contribution < 1.29 is 9.59 Å². The molecule has 2 aliphatic rings. The maximum Gasteiger partial charge on any atom is 0.230 e. The number of likely N-dealkylation sites (tertiary alicyclic amines) is 1. The molecule has 1 saturated heterocycles. The Labute approximate surface area is 148 Å². The topological polar surface area (TPSA) is 49.4 Å². The summed E-state index contributed by atoms with van der Waals surface area (Å²) in [4.78, 5) is 26.9. The Morgan fingerprint density at radius 2 is 1.67 bits per heavy atom. The molecule has 1 heterocycles. The Hall–Kier alpha value is -1.55. The number of nitrogens with zero attached hydrogens (tertiary/aromatic N) is 1. The summed E-state index contributed by atoms with van der Waals surface area (Å²) in [5, 5.41) is 3.70. The van der Waals surface area contributed by atoms with Gasteiger partial charge in [-0.2, -0.15) is 0 Å². The Balaban J connectivity index is 1.60. The van der Waals surface area contributed by atoms with Gasteiger partial charge in [-0.25, -0.2) is 0 Å². The molecule has 0 radical (unpaired) electrons. The standard InChI is InChI=1S/C19H25ClN2O2/c20-16-7-5-15(6-8-16)19(10-1-2-11-19)18(24)21-12-9-17(23)22-13-3-4-14-22/h5-8H,1-4,9-14H2,(H,21,24). The van der Waals surface area contributed by atoms with Gasteiger partial charge in [-0.15, -0.1) is 0 Å². The van der Waals surface area contributed by atoms with Crippen molar-refractivity contribution in [3.63, 3.8) is 0 Å². The fraction of sp³-hybridized carbons (Fsp3) is 0.579. The highest BCUT2D eigenvalue weighted by Crippen LogP contribution is 2.41. The van der Waals surface area contributed by atoms with E-state index >= 15 is 0 Å². The quantitative estimate of drug-likeness (QED) is 0.887. The lowest BCUT2D eigenvalue weighted by molar-refractivity contribution is -0.130. The Morgan fingerprint density at radius 3 is 2.29 bits per heavy atom.